The van der Waals surface area contributed by atoms with Crippen molar-refractivity contribution in [2.45, 2.75) is 37.1 Å². The molecule has 0 fully saturated rings. The number of thioether (sulfide) groups is 1. The molecular weight excluding hydrogens is 460 g/mol. The number of rotatable bonds is 3. The van der Waals surface area contributed by atoms with Crippen LogP contribution in [0.25, 0.3) is 0 Å². The summed E-state index contributed by atoms with van der Waals surface area (Å²) in [5.74, 6) is 1.37. The number of fused-ring (bicyclic) bond motifs is 3. The number of benzene rings is 2. The second kappa shape index (κ2) is 8.46. The van der Waals surface area contributed by atoms with Gasteiger partial charge in [0.2, 0.25) is 0 Å². The van der Waals surface area contributed by atoms with Gasteiger partial charge in [-0.15, -0.1) is 11.8 Å². The van der Waals surface area contributed by atoms with Crippen molar-refractivity contribution in [1.29, 1.82) is 0 Å². The minimum absolute atomic E-state index is 0.146. The van der Waals surface area contributed by atoms with Gasteiger partial charge in [-0.05, 0) is 36.6 Å². The first-order valence-corrected chi connectivity index (χ1v) is 12.5. The molecule has 2 aromatic heterocycles. The van der Waals surface area contributed by atoms with Crippen molar-refractivity contribution in [3.63, 3.8) is 0 Å². The van der Waals surface area contributed by atoms with E-state index < -0.39 is 0 Å². The van der Waals surface area contributed by atoms with Crippen molar-refractivity contribution in [1.82, 2.24) is 14.7 Å². The molecule has 35 heavy (non-hydrogen) atoms. The lowest BCUT2D eigenvalue weighted by molar-refractivity contribution is 0.0665. The second-order valence-corrected chi connectivity index (χ2v) is 9.96. The zero-order valence-corrected chi connectivity index (χ0v) is 20.3. The van der Waals surface area contributed by atoms with E-state index in [-0.39, 0.29) is 17.4 Å². The van der Waals surface area contributed by atoms with Gasteiger partial charge in [-0.1, -0.05) is 47.6 Å². The maximum atomic E-state index is 13.7. The van der Waals surface area contributed by atoms with Crippen LogP contribution in [0.4, 0.5) is 0 Å². The summed E-state index contributed by atoms with van der Waals surface area (Å²) in [7, 11) is 0. The number of aryl methyl sites for hydroxylation is 1. The van der Waals surface area contributed by atoms with E-state index >= 15 is 0 Å². The van der Waals surface area contributed by atoms with Crippen molar-refractivity contribution in [2.24, 2.45) is 0 Å². The zero-order chi connectivity index (χ0) is 24.1. The van der Waals surface area contributed by atoms with Crippen molar-refractivity contribution < 1.29 is 9.32 Å². The van der Waals surface area contributed by atoms with E-state index in [9.17, 15) is 9.59 Å². The van der Waals surface area contributed by atoms with E-state index in [1.165, 1.54) is 21.6 Å². The van der Waals surface area contributed by atoms with E-state index in [2.05, 4.69) is 58.7 Å². The molecule has 4 heterocycles. The molecule has 8 heteroatoms. The number of carbonyl (C=O) groups excluding carboxylic acids is 1. The third-order valence-corrected chi connectivity index (χ3v) is 7.82. The zero-order valence-electron chi connectivity index (χ0n) is 19.5. The highest BCUT2D eigenvalue weighted by atomic mass is 32.2. The van der Waals surface area contributed by atoms with Gasteiger partial charge in [-0.2, -0.15) is 0 Å². The minimum Gasteiger partial charge on any atom is -0.361 e. The van der Waals surface area contributed by atoms with E-state index in [0.717, 1.165) is 5.75 Å². The first-order valence-electron chi connectivity index (χ1n) is 11.5. The van der Waals surface area contributed by atoms with Gasteiger partial charge in [0.05, 0.1) is 12.6 Å². The molecule has 0 spiro atoms. The molecule has 6 rings (SSSR count). The summed E-state index contributed by atoms with van der Waals surface area (Å²) in [6, 6.07) is 20.1. The van der Waals surface area contributed by atoms with Gasteiger partial charge in [-0.3, -0.25) is 19.3 Å². The molecule has 0 bridgehead atoms. The normalized spacial score (nSPS) is 17.0. The summed E-state index contributed by atoms with van der Waals surface area (Å²) in [4.78, 5) is 29.2. The maximum absolute atomic E-state index is 13.7. The number of hydrogen-bond donors (Lipinski definition) is 0. The van der Waals surface area contributed by atoms with E-state index in [1.807, 2.05) is 29.4 Å². The summed E-state index contributed by atoms with van der Waals surface area (Å²) in [5.41, 5.74) is 4.98. The van der Waals surface area contributed by atoms with E-state index in [4.69, 9.17) is 4.52 Å². The Morgan fingerprint density at radius 2 is 1.80 bits per heavy atom. The summed E-state index contributed by atoms with van der Waals surface area (Å²) >= 11 is 1.82. The highest BCUT2D eigenvalue weighted by Gasteiger charge is 2.37. The third kappa shape index (κ3) is 3.65. The highest BCUT2D eigenvalue weighted by Crippen LogP contribution is 2.42. The van der Waals surface area contributed by atoms with E-state index in [0.29, 0.717) is 35.9 Å². The van der Waals surface area contributed by atoms with Crippen LogP contribution in [0.5, 0.6) is 0 Å². The van der Waals surface area contributed by atoms with Gasteiger partial charge in [-0.25, -0.2) is 0 Å². The molecule has 0 saturated carbocycles. The average Bonchev–Trinajstić information content (AvgIpc) is 3.20. The predicted molar refractivity (Wildman–Crippen MR) is 134 cm³/mol. The fraction of sp³-hybridized carbons (Fsp3) is 0.222. The maximum Gasteiger partial charge on any atom is 0.274 e. The lowest BCUT2D eigenvalue weighted by atomic mass is 9.94. The summed E-state index contributed by atoms with van der Waals surface area (Å²) in [5, 5.41) is 6.29. The highest BCUT2D eigenvalue weighted by molar-refractivity contribution is 7.98. The largest absolute Gasteiger partial charge is 0.361 e. The Hall–Kier alpha value is -3.78. The number of aromatic nitrogens is 2. The van der Waals surface area contributed by atoms with Crippen molar-refractivity contribution in [3.8, 4) is 0 Å². The van der Waals surface area contributed by atoms with Crippen LogP contribution >= 0.6 is 11.8 Å². The molecular formula is C27H24N4O3S. The van der Waals surface area contributed by atoms with Crippen LogP contribution in [0, 0.1) is 13.8 Å². The van der Waals surface area contributed by atoms with Crippen LogP contribution in [-0.2, 0) is 12.3 Å². The molecule has 4 aromatic rings. The summed E-state index contributed by atoms with van der Waals surface area (Å²) in [6.45, 7) is 4.17. The molecule has 1 amide bonds. The Morgan fingerprint density at radius 3 is 2.60 bits per heavy atom. The van der Waals surface area contributed by atoms with Crippen LogP contribution in [-0.4, -0.2) is 27.3 Å². The molecule has 2 aromatic carbocycles. The van der Waals surface area contributed by atoms with Gasteiger partial charge in [0.15, 0.2) is 5.43 Å². The number of carbonyl (C=O) groups is 1. The van der Waals surface area contributed by atoms with Gasteiger partial charge in [0.25, 0.3) is 5.91 Å². The molecule has 0 saturated heterocycles. The monoisotopic (exact) mass is 484 g/mol. The fourth-order valence-corrected chi connectivity index (χ4v) is 6.08. The minimum atomic E-state index is -0.193. The van der Waals surface area contributed by atoms with Crippen LogP contribution in [0.15, 0.2) is 81.1 Å². The molecule has 1 atom stereocenters. The van der Waals surface area contributed by atoms with Crippen LogP contribution in [0.2, 0.25) is 0 Å². The molecule has 176 valence electrons. The molecule has 7 nitrogen and oxygen atoms in total. The molecule has 0 aliphatic carbocycles. The Bertz CT molecular complexity index is 1460. The van der Waals surface area contributed by atoms with Crippen molar-refractivity contribution in [3.05, 3.63) is 116 Å². The van der Waals surface area contributed by atoms with Gasteiger partial charge in [0.1, 0.15) is 23.8 Å². The Kier molecular flexibility index (Phi) is 5.25. The number of pyridine rings is 1. The standard InChI is InChI=1S/C27H24N4O3S/c1-17-13-20(28-34-17)14-29-16-31(30-12-11-23(32)18(2)25(30)27(29)33)26-21-8-4-3-7-19(21)15-35-24-10-6-5-9-22(24)26/h3-13,26H,14-16H2,1-2H3. The van der Waals surface area contributed by atoms with Gasteiger partial charge >= 0.3 is 0 Å². The molecule has 0 N–H and O–H groups in total. The Labute approximate surface area is 206 Å². The average molecular weight is 485 g/mol. The lowest BCUT2D eigenvalue weighted by Crippen LogP contribution is -2.55. The quantitative estimate of drug-likeness (QED) is 0.429. The number of nitrogens with zero attached hydrogens (tertiary/aromatic N) is 4. The van der Waals surface area contributed by atoms with Crippen LogP contribution in [0.3, 0.4) is 0 Å². The molecule has 1 unspecified atom stereocenters. The summed E-state index contributed by atoms with van der Waals surface area (Å²) < 4.78 is 7.12. The van der Waals surface area contributed by atoms with Gasteiger partial charge in [0, 0.05) is 34.5 Å². The molecule has 0 radical (unpaired) electrons. The number of amides is 1. The number of hydrogen-bond acceptors (Lipinski definition) is 6. The Morgan fingerprint density at radius 1 is 1.03 bits per heavy atom. The van der Waals surface area contributed by atoms with Crippen LogP contribution in [0.1, 0.15) is 50.2 Å². The van der Waals surface area contributed by atoms with Gasteiger partial charge < -0.3 is 9.42 Å². The smallest absolute Gasteiger partial charge is 0.274 e. The SMILES string of the molecule is Cc1cc(CN2CN(C3c4ccccc4CSc4ccccc43)n3ccc(=O)c(C)c3C2=O)no1. The summed E-state index contributed by atoms with van der Waals surface area (Å²) in [6.07, 6.45) is 1.73. The topological polar surface area (TPSA) is 71.6 Å². The first kappa shape index (κ1) is 21.7. The lowest BCUT2D eigenvalue weighted by Gasteiger charge is -2.44. The first-order chi connectivity index (χ1) is 17.0. The van der Waals surface area contributed by atoms with Crippen molar-refractivity contribution in [2.75, 3.05) is 11.7 Å². The Balaban J connectivity index is 1.55. The fourth-order valence-electron chi connectivity index (χ4n) is 4.99. The second-order valence-electron chi connectivity index (χ2n) is 8.94. The third-order valence-electron chi connectivity index (χ3n) is 6.68. The van der Waals surface area contributed by atoms with E-state index in [1.54, 1.807) is 24.1 Å². The molecule has 2 aliphatic heterocycles. The van der Waals surface area contributed by atoms with Crippen LogP contribution < -0.4 is 10.4 Å². The molecule has 2 aliphatic rings. The predicted octanol–water partition coefficient (Wildman–Crippen LogP) is 4.40. The van der Waals surface area contributed by atoms with Crippen molar-refractivity contribution >= 4 is 17.7 Å².